The Kier molecular flexibility index (Phi) is 2.72. The Morgan fingerprint density at radius 2 is 2.69 bits per heavy atom. The normalized spacial score (nSPS) is 23.5. The standard InChI is InChI=1S/C7H12N4OS/c8-3-6-4-11(1-2-12-6)7-10-9-5-13-7/h5-6H,1-4,8H2/t6-/m1/s1. The quantitative estimate of drug-likeness (QED) is 0.710. The van der Waals surface area contributed by atoms with Crippen LogP contribution in [-0.4, -0.2) is 42.5 Å². The molecule has 0 aromatic carbocycles. The number of rotatable bonds is 2. The first-order valence-electron chi connectivity index (χ1n) is 4.23. The number of nitrogens with zero attached hydrogens (tertiary/aromatic N) is 3. The fourth-order valence-corrected chi connectivity index (χ4v) is 1.94. The zero-order valence-corrected chi connectivity index (χ0v) is 8.04. The molecule has 0 amide bonds. The van der Waals surface area contributed by atoms with Gasteiger partial charge in [-0.15, -0.1) is 10.2 Å². The summed E-state index contributed by atoms with van der Waals surface area (Å²) in [5, 5.41) is 8.77. The molecule has 0 radical (unpaired) electrons. The van der Waals surface area contributed by atoms with Crippen molar-refractivity contribution in [3.05, 3.63) is 5.51 Å². The second kappa shape index (κ2) is 3.99. The van der Waals surface area contributed by atoms with Gasteiger partial charge in [-0.05, 0) is 0 Å². The van der Waals surface area contributed by atoms with E-state index < -0.39 is 0 Å². The van der Waals surface area contributed by atoms with Gasteiger partial charge in [0.15, 0.2) is 0 Å². The summed E-state index contributed by atoms with van der Waals surface area (Å²) in [5.41, 5.74) is 7.27. The third-order valence-corrected chi connectivity index (χ3v) is 2.77. The molecule has 2 N–H and O–H groups in total. The number of hydrogen-bond acceptors (Lipinski definition) is 6. The fourth-order valence-electron chi connectivity index (χ4n) is 1.34. The molecule has 5 nitrogen and oxygen atoms in total. The summed E-state index contributed by atoms with van der Waals surface area (Å²) in [6.45, 7) is 2.99. The number of hydrogen-bond donors (Lipinski definition) is 1. The van der Waals surface area contributed by atoms with Crippen LogP contribution in [0.5, 0.6) is 0 Å². The van der Waals surface area contributed by atoms with Crippen LogP contribution in [0.3, 0.4) is 0 Å². The second-order valence-electron chi connectivity index (χ2n) is 2.90. The molecule has 0 unspecified atom stereocenters. The van der Waals surface area contributed by atoms with Crippen molar-refractivity contribution in [1.82, 2.24) is 10.2 Å². The molecule has 0 aliphatic carbocycles. The Morgan fingerprint density at radius 3 is 3.38 bits per heavy atom. The number of morpholine rings is 1. The van der Waals surface area contributed by atoms with E-state index in [2.05, 4.69) is 15.1 Å². The highest BCUT2D eigenvalue weighted by molar-refractivity contribution is 7.13. The minimum absolute atomic E-state index is 0.137. The lowest BCUT2D eigenvalue weighted by Crippen LogP contribution is -2.45. The summed E-state index contributed by atoms with van der Waals surface area (Å²) in [6.07, 6.45) is 0.137. The maximum Gasteiger partial charge on any atom is 0.208 e. The van der Waals surface area contributed by atoms with Crippen molar-refractivity contribution in [3.8, 4) is 0 Å². The maximum absolute atomic E-state index is 5.53. The van der Waals surface area contributed by atoms with Gasteiger partial charge in [-0.2, -0.15) is 0 Å². The second-order valence-corrected chi connectivity index (χ2v) is 3.71. The number of nitrogens with two attached hydrogens (primary N) is 1. The molecule has 0 spiro atoms. The van der Waals surface area contributed by atoms with E-state index in [-0.39, 0.29) is 6.10 Å². The van der Waals surface area contributed by atoms with Crippen molar-refractivity contribution in [2.45, 2.75) is 6.10 Å². The first-order valence-corrected chi connectivity index (χ1v) is 5.11. The Morgan fingerprint density at radius 1 is 1.77 bits per heavy atom. The molecule has 1 fully saturated rings. The summed E-state index contributed by atoms with van der Waals surface area (Å²) in [5.74, 6) is 0. The molecule has 1 aromatic heterocycles. The van der Waals surface area contributed by atoms with E-state index in [1.807, 2.05) is 0 Å². The third kappa shape index (κ3) is 1.96. The summed E-state index contributed by atoms with van der Waals surface area (Å²) in [4.78, 5) is 2.17. The van der Waals surface area contributed by atoms with Crippen molar-refractivity contribution < 1.29 is 4.74 Å². The van der Waals surface area contributed by atoms with Crippen LogP contribution in [0.4, 0.5) is 5.13 Å². The molecule has 1 saturated heterocycles. The van der Waals surface area contributed by atoms with Crippen LogP contribution in [0.25, 0.3) is 0 Å². The van der Waals surface area contributed by atoms with E-state index in [1.54, 1.807) is 16.8 Å². The molecule has 72 valence electrons. The first-order chi connectivity index (χ1) is 6.40. The van der Waals surface area contributed by atoms with Crippen LogP contribution in [0, 0.1) is 0 Å². The Balaban J connectivity index is 2.00. The highest BCUT2D eigenvalue weighted by atomic mass is 32.1. The fraction of sp³-hybridized carbons (Fsp3) is 0.714. The third-order valence-electron chi connectivity index (χ3n) is 2.02. The number of ether oxygens (including phenoxy) is 1. The van der Waals surface area contributed by atoms with Gasteiger partial charge in [0.2, 0.25) is 5.13 Å². The maximum atomic E-state index is 5.53. The molecule has 1 aliphatic heterocycles. The molecule has 1 aliphatic rings. The average Bonchev–Trinajstić information content (AvgIpc) is 2.71. The van der Waals surface area contributed by atoms with Crippen molar-refractivity contribution in [2.24, 2.45) is 5.73 Å². The van der Waals surface area contributed by atoms with Gasteiger partial charge in [0, 0.05) is 19.6 Å². The molecule has 0 bridgehead atoms. The van der Waals surface area contributed by atoms with Gasteiger partial charge >= 0.3 is 0 Å². The summed E-state index contributed by atoms with van der Waals surface area (Å²) in [7, 11) is 0. The van der Waals surface area contributed by atoms with Crippen LogP contribution < -0.4 is 10.6 Å². The van der Waals surface area contributed by atoms with Crippen molar-refractivity contribution in [2.75, 3.05) is 31.1 Å². The molecular weight excluding hydrogens is 188 g/mol. The lowest BCUT2D eigenvalue weighted by atomic mass is 10.3. The minimum Gasteiger partial charge on any atom is -0.373 e. The topological polar surface area (TPSA) is 64.3 Å². The lowest BCUT2D eigenvalue weighted by Gasteiger charge is -2.31. The number of aromatic nitrogens is 2. The monoisotopic (exact) mass is 200 g/mol. The molecular formula is C7H12N4OS. The first kappa shape index (κ1) is 8.86. The van der Waals surface area contributed by atoms with E-state index >= 15 is 0 Å². The smallest absolute Gasteiger partial charge is 0.208 e. The predicted octanol–water partition coefficient (Wildman–Crippen LogP) is -0.298. The SMILES string of the molecule is NC[C@@H]1CN(c2nncs2)CCO1. The average molecular weight is 200 g/mol. The predicted molar refractivity (Wildman–Crippen MR) is 50.9 cm³/mol. The van der Waals surface area contributed by atoms with Gasteiger partial charge in [-0.3, -0.25) is 0 Å². The van der Waals surface area contributed by atoms with Crippen LogP contribution in [0.2, 0.25) is 0 Å². The zero-order chi connectivity index (χ0) is 9.10. The van der Waals surface area contributed by atoms with Crippen LogP contribution in [0.1, 0.15) is 0 Å². The molecule has 2 heterocycles. The highest BCUT2D eigenvalue weighted by Gasteiger charge is 2.20. The summed E-state index contributed by atoms with van der Waals surface area (Å²) < 4.78 is 5.45. The van der Waals surface area contributed by atoms with Gasteiger partial charge in [-0.1, -0.05) is 11.3 Å². The molecule has 0 saturated carbocycles. The minimum atomic E-state index is 0.137. The van der Waals surface area contributed by atoms with E-state index in [1.165, 1.54) is 0 Å². The van der Waals surface area contributed by atoms with Crippen molar-refractivity contribution in [3.63, 3.8) is 0 Å². The lowest BCUT2D eigenvalue weighted by molar-refractivity contribution is 0.0465. The van der Waals surface area contributed by atoms with Crippen LogP contribution in [0.15, 0.2) is 5.51 Å². The van der Waals surface area contributed by atoms with Gasteiger partial charge in [0.25, 0.3) is 0 Å². The van der Waals surface area contributed by atoms with Gasteiger partial charge < -0.3 is 15.4 Å². The molecule has 13 heavy (non-hydrogen) atoms. The Labute approximate surface area is 80.5 Å². The van der Waals surface area contributed by atoms with Gasteiger partial charge in [0.1, 0.15) is 5.51 Å². The largest absolute Gasteiger partial charge is 0.373 e. The van der Waals surface area contributed by atoms with Crippen molar-refractivity contribution in [1.29, 1.82) is 0 Å². The molecule has 1 atom stereocenters. The van der Waals surface area contributed by atoms with E-state index in [9.17, 15) is 0 Å². The van der Waals surface area contributed by atoms with E-state index in [0.29, 0.717) is 6.54 Å². The summed E-state index contributed by atoms with van der Waals surface area (Å²) >= 11 is 1.55. The number of anilines is 1. The van der Waals surface area contributed by atoms with Crippen molar-refractivity contribution >= 4 is 16.5 Å². The van der Waals surface area contributed by atoms with E-state index in [0.717, 1.165) is 24.8 Å². The molecule has 6 heteroatoms. The van der Waals surface area contributed by atoms with Gasteiger partial charge in [0.05, 0.1) is 12.7 Å². The summed E-state index contributed by atoms with van der Waals surface area (Å²) in [6, 6.07) is 0. The Hall–Kier alpha value is -0.720. The molecule has 2 rings (SSSR count). The molecule has 1 aromatic rings. The van der Waals surface area contributed by atoms with Crippen LogP contribution in [-0.2, 0) is 4.74 Å². The Bertz CT molecular complexity index is 253. The van der Waals surface area contributed by atoms with Crippen LogP contribution >= 0.6 is 11.3 Å². The zero-order valence-electron chi connectivity index (χ0n) is 7.22. The van der Waals surface area contributed by atoms with Gasteiger partial charge in [-0.25, -0.2) is 0 Å². The van der Waals surface area contributed by atoms with E-state index in [4.69, 9.17) is 10.5 Å². The highest BCUT2D eigenvalue weighted by Crippen LogP contribution is 2.18.